The van der Waals surface area contributed by atoms with Crippen LogP contribution in [0.1, 0.15) is 50.8 Å². The molecule has 0 aliphatic carbocycles. The number of aromatic nitrogens is 2. The van der Waals surface area contributed by atoms with E-state index in [0.29, 0.717) is 11.8 Å². The Hall–Kier alpha value is -1.31. The van der Waals surface area contributed by atoms with Crippen molar-refractivity contribution in [2.75, 3.05) is 0 Å². The summed E-state index contributed by atoms with van der Waals surface area (Å²) in [4.78, 5) is 4.21. The molecule has 2 rings (SSSR count). The molecule has 0 N–H and O–H groups in total. The number of pyridine rings is 1. The number of hydrogen-bond acceptors (Lipinski definition) is 1. The second kappa shape index (κ2) is 3.69. The molecule has 0 aliphatic heterocycles. The highest BCUT2D eigenvalue weighted by Crippen LogP contribution is 2.26. The van der Waals surface area contributed by atoms with Gasteiger partial charge in [-0.05, 0) is 23.5 Å². The van der Waals surface area contributed by atoms with Crippen molar-refractivity contribution in [3.63, 3.8) is 0 Å². The van der Waals surface area contributed by atoms with Gasteiger partial charge >= 0.3 is 0 Å². The van der Waals surface area contributed by atoms with Crippen LogP contribution in [0, 0.1) is 0 Å². The third kappa shape index (κ3) is 1.65. The minimum absolute atomic E-state index is 0.528. The van der Waals surface area contributed by atoms with Crippen LogP contribution in [0.3, 0.4) is 0 Å². The van der Waals surface area contributed by atoms with Crippen LogP contribution in [0.5, 0.6) is 0 Å². The molecule has 0 aromatic carbocycles. The molecule has 0 fully saturated rings. The molecule has 80 valence electrons. The maximum absolute atomic E-state index is 4.21. The number of imidazole rings is 1. The van der Waals surface area contributed by atoms with Crippen molar-refractivity contribution in [2.45, 2.75) is 39.5 Å². The van der Waals surface area contributed by atoms with Crippen LogP contribution in [0.4, 0.5) is 0 Å². The predicted molar refractivity (Wildman–Crippen MR) is 63.4 cm³/mol. The predicted octanol–water partition coefficient (Wildman–Crippen LogP) is 3.58. The quantitative estimate of drug-likeness (QED) is 0.727. The highest BCUT2D eigenvalue weighted by molar-refractivity contribution is 5.49. The normalized spacial score (nSPS) is 11.9. The standard InChI is InChI=1S/C13H18N2/c1-9(2)12-6-5-11-7-14-8-15(11)13(12)10(3)4/h5-10H,1-4H3. The van der Waals surface area contributed by atoms with Crippen molar-refractivity contribution in [2.24, 2.45) is 0 Å². The van der Waals surface area contributed by atoms with E-state index in [1.807, 2.05) is 12.5 Å². The molecule has 0 amide bonds. The van der Waals surface area contributed by atoms with Crippen LogP contribution in [0.15, 0.2) is 24.7 Å². The summed E-state index contributed by atoms with van der Waals surface area (Å²) in [6.45, 7) is 8.95. The zero-order valence-electron chi connectivity index (χ0n) is 9.86. The molecule has 2 aromatic rings. The maximum atomic E-state index is 4.21. The van der Waals surface area contributed by atoms with Gasteiger partial charge in [0, 0.05) is 5.69 Å². The summed E-state index contributed by atoms with van der Waals surface area (Å²) in [6, 6.07) is 4.38. The Morgan fingerprint density at radius 1 is 1.07 bits per heavy atom. The number of rotatable bonds is 2. The fraction of sp³-hybridized carbons (Fsp3) is 0.462. The van der Waals surface area contributed by atoms with Gasteiger partial charge in [0.05, 0.1) is 18.0 Å². The van der Waals surface area contributed by atoms with Crippen molar-refractivity contribution >= 4 is 5.52 Å². The first-order valence-electron chi connectivity index (χ1n) is 5.56. The van der Waals surface area contributed by atoms with E-state index in [9.17, 15) is 0 Å². The van der Waals surface area contributed by atoms with Crippen LogP contribution in [0.25, 0.3) is 5.52 Å². The monoisotopic (exact) mass is 202 g/mol. The highest BCUT2D eigenvalue weighted by atomic mass is 15.0. The van der Waals surface area contributed by atoms with Gasteiger partial charge in [-0.25, -0.2) is 4.98 Å². The Balaban J connectivity index is 2.75. The zero-order chi connectivity index (χ0) is 11.0. The smallest absolute Gasteiger partial charge is 0.0994 e. The van der Waals surface area contributed by atoms with E-state index in [0.717, 1.165) is 0 Å². The van der Waals surface area contributed by atoms with Gasteiger partial charge in [0.1, 0.15) is 0 Å². The number of nitrogens with zero attached hydrogens (tertiary/aromatic N) is 2. The lowest BCUT2D eigenvalue weighted by atomic mass is 9.95. The minimum Gasteiger partial charge on any atom is -0.303 e. The molecule has 2 nitrogen and oxygen atoms in total. The largest absolute Gasteiger partial charge is 0.303 e. The second-order valence-corrected chi connectivity index (χ2v) is 4.67. The average molecular weight is 202 g/mol. The van der Waals surface area contributed by atoms with E-state index in [2.05, 4.69) is 49.2 Å². The van der Waals surface area contributed by atoms with Gasteiger partial charge in [-0.3, -0.25) is 0 Å². The molecule has 2 aromatic heterocycles. The van der Waals surface area contributed by atoms with Gasteiger partial charge in [0.15, 0.2) is 0 Å². The summed E-state index contributed by atoms with van der Waals surface area (Å²) in [5, 5.41) is 0. The molecule has 0 radical (unpaired) electrons. The van der Waals surface area contributed by atoms with E-state index in [-0.39, 0.29) is 0 Å². The van der Waals surface area contributed by atoms with Gasteiger partial charge in [0.25, 0.3) is 0 Å². The Labute approximate surface area is 91.0 Å². The molecule has 2 heterocycles. The summed E-state index contributed by atoms with van der Waals surface area (Å²) in [6.07, 6.45) is 3.83. The van der Waals surface area contributed by atoms with Gasteiger partial charge < -0.3 is 4.40 Å². The lowest BCUT2D eigenvalue weighted by Crippen LogP contribution is -2.05. The summed E-state index contributed by atoms with van der Waals surface area (Å²) in [5.41, 5.74) is 4.00. The first kappa shape index (κ1) is 10.2. The van der Waals surface area contributed by atoms with E-state index in [1.165, 1.54) is 16.8 Å². The molecule has 0 spiro atoms. The van der Waals surface area contributed by atoms with Crippen molar-refractivity contribution in [1.82, 2.24) is 9.38 Å². The second-order valence-electron chi connectivity index (χ2n) is 4.67. The van der Waals surface area contributed by atoms with E-state index in [1.54, 1.807) is 0 Å². The number of hydrogen-bond donors (Lipinski definition) is 0. The maximum Gasteiger partial charge on any atom is 0.0994 e. The third-order valence-corrected chi connectivity index (χ3v) is 2.82. The van der Waals surface area contributed by atoms with Gasteiger partial charge in [-0.1, -0.05) is 33.8 Å². The molecule has 0 saturated heterocycles. The van der Waals surface area contributed by atoms with Crippen LogP contribution in [-0.2, 0) is 0 Å². The fourth-order valence-corrected chi connectivity index (χ4v) is 2.13. The first-order valence-corrected chi connectivity index (χ1v) is 5.56. The molecule has 0 aliphatic rings. The van der Waals surface area contributed by atoms with Crippen molar-refractivity contribution < 1.29 is 0 Å². The average Bonchev–Trinajstić information content (AvgIpc) is 2.62. The Kier molecular flexibility index (Phi) is 2.51. The molecule has 15 heavy (non-hydrogen) atoms. The van der Waals surface area contributed by atoms with Crippen molar-refractivity contribution in [3.8, 4) is 0 Å². The van der Waals surface area contributed by atoms with Crippen LogP contribution >= 0.6 is 0 Å². The first-order chi connectivity index (χ1) is 7.11. The molecular formula is C13H18N2. The van der Waals surface area contributed by atoms with Crippen molar-refractivity contribution in [1.29, 1.82) is 0 Å². The molecule has 0 saturated carbocycles. The Morgan fingerprint density at radius 2 is 1.80 bits per heavy atom. The summed E-state index contributed by atoms with van der Waals surface area (Å²) in [7, 11) is 0. The zero-order valence-corrected chi connectivity index (χ0v) is 9.86. The van der Waals surface area contributed by atoms with Crippen LogP contribution < -0.4 is 0 Å². The molecular weight excluding hydrogens is 184 g/mol. The van der Waals surface area contributed by atoms with Crippen LogP contribution in [-0.4, -0.2) is 9.38 Å². The number of fused-ring (bicyclic) bond motifs is 1. The lowest BCUT2D eigenvalue weighted by molar-refractivity contribution is 0.741. The SMILES string of the molecule is CC(C)c1ccc2cncn2c1C(C)C. The van der Waals surface area contributed by atoms with E-state index >= 15 is 0 Å². The molecule has 2 heteroatoms. The van der Waals surface area contributed by atoms with Gasteiger partial charge in [0.2, 0.25) is 0 Å². The highest BCUT2D eigenvalue weighted by Gasteiger charge is 2.13. The molecule has 0 bridgehead atoms. The van der Waals surface area contributed by atoms with Crippen molar-refractivity contribution in [3.05, 3.63) is 35.9 Å². The minimum atomic E-state index is 0.528. The van der Waals surface area contributed by atoms with Gasteiger partial charge in [-0.15, -0.1) is 0 Å². The summed E-state index contributed by atoms with van der Waals surface area (Å²) < 4.78 is 2.21. The lowest BCUT2D eigenvalue weighted by Gasteiger charge is -2.17. The summed E-state index contributed by atoms with van der Waals surface area (Å²) in [5.74, 6) is 1.09. The fourth-order valence-electron chi connectivity index (χ4n) is 2.13. The Morgan fingerprint density at radius 3 is 2.40 bits per heavy atom. The van der Waals surface area contributed by atoms with E-state index in [4.69, 9.17) is 0 Å². The molecule has 0 atom stereocenters. The summed E-state index contributed by atoms with van der Waals surface area (Å²) >= 11 is 0. The molecule has 0 unspecified atom stereocenters. The topological polar surface area (TPSA) is 17.3 Å². The Bertz CT molecular complexity index is 466. The van der Waals surface area contributed by atoms with Gasteiger partial charge in [-0.2, -0.15) is 0 Å². The third-order valence-electron chi connectivity index (χ3n) is 2.82. The van der Waals surface area contributed by atoms with Crippen LogP contribution in [0.2, 0.25) is 0 Å². The van der Waals surface area contributed by atoms with E-state index < -0.39 is 0 Å².